The van der Waals surface area contributed by atoms with Gasteiger partial charge in [-0.2, -0.15) is 0 Å². The molecule has 0 saturated carbocycles. The van der Waals surface area contributed by atoms with E-state index in [0.717, 1.165) is 17.1 Å². The largest absolute Gasteiger partial charge is 0.341 e. The summed E-state index contributed by atoms with van der Waals surface area (Å²) in [6.07, 6.45) is 2.35. The summed E-state index contributed by atoms with van der Waals surface area (Å²) < 4.78 is 25.8. The third-order valence-corrected chi connectivity index (χ3v) is 3.50. The molecule has 0 saturated heterocycles. The highest BCUT2D eigenvalue weighted by Gasteiger charge is 2.14. The van der Waals surface area contributed by atoms with E-state index in [-0.39, 0.29) is 11.5 Å². The molecule has 0 unspecified atom stereocenters. The molecule has 0 N–H and O–H groups in total. The Morgan fingerprint density at radius 3 is 2.79 bits per heavy atom. The fourth-order valence-corrected chi connectivity index (χ4v) is 2.20. The molecule has 0 aliphatic heterocycles. The van der Waals surface area contributed by atoms with E-state index in [4.69, 9.17) is 0 Å². The van der Waals surface area contributed by atoms with Gasteiger partial charge in [0.15, 0.2) is 11.6 Å². The molecule has 2 aromatic rings. The van der Waals surface area contributed by atoms with E-state index in [1.165, 1.54) is 22.3 Å². The topological polar surface area (TPSA) is 33.2 Å². The number of thiazole rings is 1. The molecular formula is C13H12F2N2OS. The number of hydrogen-bond donors (Lipinski definition) is 0. The van der Waals surface area contributed by atoms with Crippen molar-refractivity contribution in [2.45, 2.75) is 6.42 Å². The van der Waals surface area contributed by atoms with Gasteiger partial charge in [0.25, 0.3) is 5.91 Å². The van der Waals surface area contributed by atoms with E-state index in [1.54, 1.807) is 13.2 Å². The predicted molar refractivity (Wildman–Crippen MR) is 69.1 cm³/mol. The molecule has 0 atom stereocenters. The van der Waals surface area contributed by atoms with Gasteiger partial charge in [0.05, 0.1) is 5.01 Å². The third kappa shape index (κ3) is 3.35. The van der Waals surface area contributed by atoms with Crippen molar-refractivity contribution in [3.05, 3.63) is 52.0 Å². The Kier molecular flexibility index (Phi) is 4.21. The molecule has 0 aliphatic carbocycles. The van der Waals surface area contributed by atoms with Gasteiger partial charge in [0.2, 0.25) is 0 Å². The van der Waals surface area contributed by atoms with Crippen molar-refractivity contribution < 1.29 is 13.6 Å². The van der Waals surface area contributed by atoms with Gasteiger partial charge >= 0.3 is 0 Å². The smallest absolute Gasteiger partial charge is 0.253 e. The standard InChI is InChI=1S/C13H12F2N2OS/c1-17(6-4-12-16-5-7-19-12)13(18)9-2-3-10(14)11(15)8-9/h2-3,5,7-8H,4,6H2,1H3. The molecule has 6 heteroatoms. The van der Waals surface area contributed by atoms with Gasteiger partial charge in [-0.05, 0) is 18.2 Å². The van der Waals surface area contributed by atoms with Crippen molar-refractivity contribution in [3.8, 4) is 0 Å². The number of hydrogen-bond acceptors (Lipinski definition) is 3. The molecule has 19 heavy (non-hydrogen) atoms. The number of benzene rings is 1. The van der Waals surface area contributed by atoms with Gasteiger partial charge in [0, 0.05) is 37.2 Å². The molecule has 1 amide bonds. The minimum Gasteiger partial charge on any atom is -0.341 e. The average molecular weight is 282 g/mol. The summed E-state index contributed by atoms with van der Waals surface area (Å²) in [6, 6.07) is 3.15. The Morgan fingerprint density at radius 1 is 1.37 bits per heavy atom. The van der Waals surface area contributed by atoms with E-state index < -0.39 is 11.6 Å². The number of nitrogens with zero attached hydrogens (tertiary/aromatic N) is 2. The second kappa shape index (κ2) is 5.88. The van der Waals surface area contributed by atoms with Gasteiger partial charge in [-0.3, -0.25) is 4.79 Å². The molecule has 2 rings (SSSR count). The van der Waals surface area contributed by atoms with Crippen LogP contribution in [0.4, 0.5) is 8.78 Å². The number of aromatic nitrogens is 1. The lowest BCUT2D eigenvalue weighted by Gasteiger charge is -2.16. The third-order valence-electron chi connectivity index (χ3n) is 2.66. The lowest BCUT2D eigenvalue weighted by atomic mass is 10.2. The van der Waals surface area contributed by atoms with Crippen molar-refractivity contribution in [2.75, 3.05) is 13.6 Å². The van der Waals surface area contributed by atoms with Crippen LogP contribution in [0.2, 0.25) is 0 Å². The summed E-state index contributed by atoms with van der Waals surface area (Å²) >= 11 is 1.52. The van der Waals surface area contributed by atoms with Gasteiger partial charge in [-0.15, -0.1) is 11.3 Å². The highest BCUT2D eigenvalue weighted by molar-refractivity contribution is 7.09. The summed E-state index contributed by atoms with van der Waals surface area (Å²) in [4.78, 5) is 17.6. The van der Waals surface area contributed by atoms with Crippen LogP contribution in [0.1, 0.15) is 15.4 Å². The number of carbonyl (C=O) groups is 1. The number of halogens is 2. The van der Waals surface area contributed by atoms with Gasteiger partial charge < -0.3 is 4.90 Å². The Morgan fingerprint density at radius 2 is 2.16 bits per heavy atom. The molecular weight excluding hydrogens is 270 g/mol. The highest BCUT2D eigenvalue weighted by atomic mass is 32.1. The van der Waals surface area contributed by atoms with Gasteiger partial charge in [-0.25, -0.2) is 13.8 Å². The maximum absolute atomic E-state index is 13.1. The number of amides is 1. The summed E-state index contributed by atoms with van der Waals surface area (Å²) in [6.45, 7) is 0.478. The normalized spacial score (nSPS) is 10.5. The molecule has 1 aromatic carbocycles. The van der Waals surface area contributed by atoms with Crippen molar-refractivity contribution >= 4 is 17.2 Å². The van der Waals surface area contributed by atoms with Crippen LogP contribution in [-0.4, -0.2) is 29.4 Å². The van der Waals surface area contributed by atoms with Crippen LogP contribution < -0.4 is 0 Å². The molecule has 1 aromatic heterocycles. The van der Waals surface area contributed by atoms with E-state index in [0.29, 0.717) is 13.0 Å². The predicted octanol–water partition coefficient (Wildman–Crippen LogP) is 2.74. The quantitative estimate of drug-likeness (QED) is 0.864. The SMILES string of the molecule is CN(CCc1nccs1)C(=O)c1ccc(F)c(F)c1. The average Bonchev–Trinajstić information content (AvgIpc) is 2.91. The number of carbonyl (C=O) groups excluding carboxylic acids is 1. The van der Waals surface area contributed by atoms with Crippen LogP contribution in [-0.2, 0) is 6.42 Å². The fraction of sp³-hybridized carbons (Fsp3) is 0.231. The van der Waals surface area contributed by atoms with Gasteiger partial charge in [-0.1, -0.05) is 0 Å². The minimum atomic E-state index is -1.01. The molecule has 0 fully saturated rings. The van der Waals surface area contributed by atoms with Crippen LogP contribution in [0.25, 0.3) is 0 Å². The van der Waals surface area contributed by atoms with E-state index in [1.807, 2.05) is 5.38 Å². The molecule has 0 bridgehead atoms. The minimum absolute atomic E-state index is 0.139. The molecule has 100 valence electrons. The van der Waals surface area contributed by atoms with Crippen molar-refractivity contribution in [2.24, 2.45) is 0 Å². The first-order chi connectivity index (χ1) is 9.08. The highest BCUT2D eigenvalue weighted by Crippen LogP contribution is 2.11. The molecule has 0 aliphatic rings. The van der Waals surface area contributed by atoms with Crippen LogP contribution in [0.5, 0.6) is 0 Å². The Balaban J connectivity index is 2.00. The zero-order valence-corrected chi connectivity index (χ0v) is 11.1. The summed E-state index contributed by atoms with van der Waals surface area (Å²) in [5.74, 6) is -2.31. The monoisotopic (exact) mass is 282 g/mol. The Hall–Kier alpha value is -1.82. The molecule has 0 spiro atoms. The maximum atomic E-state index is 13.1. The zero-order valence-electron chi connectivity index (χ0n) is 10.3. The van der Waals surface area contributed by atoms with Gasteiger partial charge in [0.1, 0.15) is 0 Å². The Labute approximate surface area is 113 Å². The fourth-order valence-electron chi connectivity index (χ4n) is 1.59. The lowest BCUT2D eigenvalue weighted by molar-refractivity contribution is 0.0796. The van der Waals surface area contributed by atoms with Crippen molar-refractivity contribution in [1.29, 1.82) is 0 Å². The number of rotatable bonds is 4. The molecule has 3 nitrogen and oxygen atoms in total. The first kappa shape index (κ1) is 13.6. The van der Waals surface area contributed by atoms with Crippen LogP contribution in [0.3, 0.4) is 0 Å². The Bertz CT molecular complexity index is 572. The molecule has 1 heterocycles. The van der Waals surface area contributed by atoms with Crippen molar-refractivity contribution in [1.82, 2.24) is 9.88 Å². The van der Waals surface area contributed by atoms with Crippen LogP contribution in [0.15, 0.2) is 29.8 Å². The zero-order chi connectivity index (χ0) is 13.8. The summed E-state index contributed by atoms with van der Waals surface area (Å²) in [5.41, 5.74) is 0.139. The van der Waals surface area contributed by atoms with Crippen LogP contribution in [0, 0.1) is 11.6 Å². The maximum Gasteiger partial charge on any atom is 0.253 e. The lowest BCUT2D eigenvalue weighted by Crippen LogP contribution is -2.28. The summed E-state index contributed by atoms with van der Waals surface area (Å²) in [7, 11) is 1.62. The van der Waals surface area contributed by atoms with Crippen LogP contribution >= 0.6 is 11.3 Å². The van der Waals surface area contributed by atoms with E-state index >= 15 is 0 Å². The van der Waals surface area contributed by atoms with Crippen molar-refractivity contribution in [3.63, 3.8) is 0 Å². The van der Waals surface area contributed by atoms with E-state index in [2.05, 4.69) is 4.98 Å². The summed E-state index contributed by atoms with van der Waals surface area (Å²) in [5, 5.41) is 2.80. The first-order valence-electron chi connectivity index (χ1n) is 5.67. The van der Waals surface area contributed by atoms with E-state index in [9.17, 15) is 13.6 Å². The molecule has 0 radical (unpaired) electrons. The number of likely N-dealkylation sites (N-methyl/N-ethyl adjacent to an activating group) is 1. The second-order valence-corrected chi connectivity index (χ2v) is 5.01. The first-order valence-corrected chi connectivity index (χ1v) is 6.55. The second-order valence-electron chi connectivity index (χ2n) is 4.03.